The predicted molar refractivity (Wildman–Crippen MR) is 130 cm³/mol. The summed E-state index contributed by atoms with van der Waals surface area (Å²) in [5, 5.41) is 6.19. The van der Waals surface area contributed by atoms with Gasteiger partial charge in [0.15, 0.2) is 0 Å². The Bertz CT molecular complexity index is 1160. The summed E-state index contributed by atoms with van der Waals surface area (Å²) in [5.74, 6) is 0.761. The fraction of sp³-hybridized carbons (Fsp3) is 0.682. The van der Waals surface area contributed by atoms with E-state index in [1.54, 1.807) is 11.3 Å². The number of hydrogen-bond donors (Lipinski definition) is 1. The van der Waals surface area contributed by atoms with Gasteiger partial charge in [-0.3, -0.25) is 9.69 Å². The Morgan fingerprint density at radius 1 is 1.21 bits per heavy atom. The van der Waals surface area contributed by atoms with Crippen LogP contribution in [-0.2, 0) is 28.0 Å². The molecule has 1 saturated heterocycles. The summed E-state index contributed by atoms with van der Waals surface area (Å²) in [7, 11) is -1.71. The molecule has 0 aromatic carbocycles. The fourth-order valence-corrected chi connectivity index (χ4v) is 7.12. The van der Waals surface area contributed by atoms with Gasteiger partial charge in [0.05, 0.1) is 11.9 Å². The zero-order valence-electron chi connectivity index (χ0n) is 19.5. The number of carbonyl (C=O) groups is 1. The van der Waals surface area contributed by atoms with Crippen LogP contribution in [0.15, 0.2) is 6.33 Å². The van der Waals surface area contributed by atoms with Crippen LogP contribution in [0.4, 0.5) is 0 Å². The van der Waals surface area contributed by atoms with Crippen LogP contribution in [0.25, 0.3) is 10.2 Å². The number of carbonyl (C=O) groups excluding carboxylic acids is 1. The van der Waals surface area contributed by atoms with Crippen molar-refractivity contribution in [3.63, 3.8) is 0 Å². The number of nitrogens with two attached hydrogens (primary N) is 1. The molecule has 3 aliphatic rings. The van der Waals surface area contributed by atoms with Crippen molar-refractivity contribution in [2.45, 2.75) is 63.6 Å². The summed E-state index contributed by atoms with van der Waals surface area (Å²) in [5.41, 5.74) is 0.907. The summed E-state index contributed by atoms with van der Waals surface area (Å²) in [4.78, 5) is 27.4. The lowest BCUT2D eigenvalue weighted by Gasteiger charge is -2.35. The fourth-order valence-electron chi connectivity index (χ4n) is 5.34. The molecule has 34 heavy (non-hydrogen) atoms. The van der Waals surface area contributed by atoms with Gasteiger partial charge in [0.25, 0.3) is 10.2 Å². The molecular formula is C22H32N6O4S2. The van der Waals surface area contributed by atoms with E-state index in [1.165, 1.54) is 10.6 Å². The molecule has 5 rings (SSSR count). The van der Waals surface area contributed by atoms with E-state index < -0.39 is 10.2 Å². The maximum absolute atomic E-state index is 12.5. The van der Waals surface area contributed by atoms with Gasteiger partial charge in [0.2, 0.25) is 11.8 Å². The first-order valence-corrected chi connectivity index (χ1v) is 14.3. The summed E-state index contributed by atoms with van der Waals surface area (Å²) >= 11 is 1.57. The van der Waals surface area contributed by atoms with E-state index in [2.05, 4.69) is 14.9 Å². The van der Waals surface area contributed by atoms with Gasteiger partial charge in [0, 0.05) is 37.1 Å². The second-order valence-electron chi connectivity index (χ2n) is 9.54. The molecule has 2 aliphatic heterocycles. The second kappa shape index (κ2) is 9.65. The Labute approximate surface area is 204 Å². The Balaban J connectivity index is 1.23. The molecule has 10 nitrogen and oxygen atoms in total. The molecule has 0 atom stereocenters. The first-order valence-electron chi connectivity index (χ1n) is 12.0. The highest BCUT2D eigenvalue weighted by atomic mass is 32.2. The molecule has 4 heterocycles. The minimum absolute atomic E-state index is 0.0329. The Kier molecular flexibility index (Phi) is 6.77. The minimum Gasteiger partial charge on any atom is -0.474 e. The lowest BCUT2D eigenvalue weighted by molar-refractivity contribution is -0.131. The van der Waals surface area contributed by atoms with E-state index in [0.29, 0.717) is 31.4 Å². The highest BCUT2D eigenvalue weighted by Crippen LogP contribution is 2.39. The number of thiophene rings is 1. The smallest absolute Gasteiger partial charge is 0.277 e. The standard InChI is InChI=1S/C22H32N6O4S2/c1-26(13-19(29)27-9-2-3-10-27)15-4-6-16(7-5-15)32-21-20-17-12-28(34(23,30)31)11-8-18(17)33-22(20)25-14-24-21/h14-16H,2-13H2,1H3,(H2,23,30,31)/t15-,16-. The van der Waals surface area contributed by atoms with Gasteiger partial charge in [0.1, 0.15) is 17.3 Å². The first-order chi connectivity index (χ1) is 16.3. The number of hydrogen-bond acceptors (Lipinski definition) is 8. The van der Waals surface area contributed by atoms with Gasteiger partial charge in [-0.2, -0.15) is 12.7 Å². The molecule has 1 aliphatic carbocycles. The van der Waals surface area contributed by atoms with Crippen molar-refractivity contribution in [3.8, 4) is 5.88 Å². The molecule has 0 spiro atoms. The third-order valence-electron chi connectivity index (χ3n) is 7.31. The van der Waals surface area contributed by atoms with E-state index in [-0.39, 0.29) is 18.6 Å². The first kappa shape index (κ1) is 23.9. The van der Waals surface area contributed by atoms with Crippen molar-refractivity contribution in [2.75, 3.05) is 33.2 Å². The molecule has 2 aromatic rings. The number of likely N-dealkylation sites (tertiary alicyclic amines) is 1. The molecule has 0 bridgehead atoms. The predicted octanol–water partition coefficient (Wildman–Crippen LogP) is 1.50. The van der Waals surface area contributed by atoms with E-state index in [4.69, 9.17) is 9.88 Å². The minimum atomic E-state index is -3.76. The molecular weight excluding hydrogens is 476 g/mol. The van der Waals surface area contributed by atoms with Crippen molar-refractivity contribution >= 4 is 37.7 Å². The van der Waals surface area contributed by atoms with E-state index in [1.807, 2.05) is 11.9 Å². The lowest BCUT2D eigenvalue weighted by atomic mass is 9.92. The summed E-state index contributed by atoms with van der Waals surface area (Å²) in [6.45, 7) is 2.86. The number of likely N-dealkylation sites (N-methyl/N-ethyl adjacent to an activating group) is 1. The third-order valence-corrected chi connectivity index (χ3v) is 9.54. The molecule has 0 radical (unpaired) electrons. The normalized spacial score (nSPS) is 24.0. The van der Waals surface area contributed by atoms with Crippen LogP contribution in [0.1, 0.15) is 49.0 Å². The monoisotopic (exact) mass is 508 g/mol. The van der Waals surface area contributed by atoms with Crippen molar-refractivity contribution in [1.29, 1.82) is 0 Å². The van der Waals surface area contributed by atoms with E-state index in [9.17, 15) is 13.2 Å². The second-order valence-corrected chi connectivity index (χ2v) is 12.2. The number of nitrogens with zero attached hydrogens (tertiary/aromatic N) is 5. The van der Waals surface area contributed by atoms with Crippen LogP contribution in [0.2, 0.25) is 0 Å². The van der Waals surface area contributed by atoms with Gasteiger partial charge in [-0.1, -0.05) is 0 Å². The maximum Gasteiger partial charge on any atom is 0.277 e. The highest BCUT2D eigenvalue weighted by Gasteiger charge is 2.31. The van der Waals surface area contributed by atoms with Crippen molar-refractivity contribution in [2.24, 2.45) is 5.14 Å². The molecule has 2 fully saturated rings. The van der Waals surface area contributed by atoms with Crippen LogP contribution in [0.3, 0.4) is 0 Å². The average molecular weight is 509 g/mol. The molecule has 12 heteroatoms. The largest absolute Gasteiger partial charge is 0.474 e. The Hall–Kier alpha value is -1.86. The number of rotatable bonds is 6. The number of fused-ring (bicyclic) bond motifs is 3. The van der Waals surface area contributed by atoms with Gasteiger partial charge < -0.3 is 9.64 Å². The lowest BCUT2D eigenvalue weighted by Crippen LogP contribution is -2.44. The third kappa shape index (κ3) is 4.92. The van der Waals surface area contributed by atoms with Gasteiger partial charge in [-0.15, -0.1) is 11.3 Å². The van der Waals surface area contributed by atoms with Gasteiger partial charge in [-0.25, -0.2) is 15.1 Å². The number of amides is 1. The van der Waals surface area contributed by atoms with E-state index >= 15 is 0 Å². The molecule has 0 unspecified atom stereocenters. The Morgan fingerprint density at radius 3 is 2.65 bits per heavy atom. The highest BCUT2D eigenvalue weighted by molar-refractivity contribution is 7.86. The van der Waals surface area contributed by atoms with Crippen molar-refractivity contribution < 1.29 is 17.9 Å². The van der Waals surface area contributed by atoms with Crippen LogP contribution in [0.5, 0.6) is 5.88 Å². The summed E-state index contributed by atoms with van der Waals surface area (Å²) in [6, 6.07) is 0.369. The number of aromatic nitrogens is 2. The zero-order chi connectivity index (χ0) is 23.9. The van der Waals surface area contributed by atoms with Crippen molar-refractivity contribution in [3.05, 3.63) is 16.8 Å². The number of ether oxygens (including phenoxy) is 1. The Morgan fingerprint density at radius 2 is 1.94 bits per heavy atom. The van der Waals surface area contributed by atoms with Crippen LogP contribution < -0.4 is 9.88 Å². The van der Waals surface area contributed by atoms with E-state index in [0.717, 1.165) is 72.3 Å². The van der Waals surface area contributed by atoms with Crippen LogP contribution in [-0.4, -0.2) is 83.8 Å². The maximum atomic E-state index is 12.5. The molecule has 2 aromatic heterocycles. The summed E-state index contributed by atoms with van der Waals surface area (Å²) in [6.07, 6.45) is 8.07. The van der Waals surface area contributed by atoms with Gasteiger partial charge in [-0.05, 0) is 57.6 Å². The van der Waals surface area contributed by atoms with Crippen molar-refractivity contribution in [1.82, 2.24) is 24.1 Å². The quantitative estimate of drug-likeness (QED) is 0.627. The SMILES string of the molecule is CN(CC(=O)N1CCCC1)[C@H]1CC[C@H](Oc2ncnc3sc4c(c23)CN(S(N)(=O)=O)CC4)CC1. The zero-order valence-corrected chi connectivity index (χ0v) is 21.1. The van der Waals surface area contributed by atoms with Crippen LogP contribution >= 0.6 is 11.3 Å². The van der Waals surface area contributed by atoms with Gasteiger partial charge >= 0.3 is 0 Å². The average Bonchev–Trinajstić information content (AvgIpc) is 3.47. The molecule has 1 amide bonds. The van der Waals surface area contributed by atoms with Crippen LogP contribution in [0, 0.1) is 0 Å². The molecule has 2 N–H and O–H groups in total. The molecule has 1 saturated carbocycles. The topological polar surface area (TPSA) is 122 Å². The summed E-state index contributed by atoms with van der Waals surface area (Å²) < 4.78 is 31.5. The molecule has 186 valence electrons.